The molecular weight excluding hydrogens is 400 g/mol. The van der Waals surface area contributed by atoms with E-state index in [1.807, 2.05) is 31.2 Å². The van der Waals surface area contributed by atoms with E-state index in [1.165, 1.54) is 4.57 Å². The summed E-state index contributed by atoms with van der Waals surface area (Å²) in [5.41, 5.74) is 1.43. The van der Waals surface area contributed by atoms with Crippen molar-refractivity contribution in [3.05, 3.63) is 68.6 Å². The molecule has 31 heavy (non-hydrogen) atoms. The lowest BCUT2D eigenvalue weighted by atomic mass is 10.1. The van der Waals surface area contributed by atoms with Crippen LogP contribution in [0.4, 0.5) is 0 Å². The molecule has 0 atom stereocenters. The average molecular weight is 420 g/mol. The van der Waals surface area contributed by atoms with Gasteiger partial charge in [-0.15, -0.1) is 0 Å². The summed E-state index contributed by atoms with van der Waals surface area (Å²) < 4.78 is 17.3. The molecule has 0 aliphatic carbocycles. The Hall–Kier alpha value is -4.14. The minimum atomic E-state index is -0.668. The van der Waals surface area contributed by atoms with Gasteiger partial charge in [0.05, 0.1) is 25.3 Å². The van der Waals surface area contributed by atoms with Crippen LogP contribution in [-0.2, 0) is 6.54 Å². The fraction of sp³-hybridized carbons (Fsp3) is 0.182. The third-order valence-corrected chi connectivity index (χ3v) is 4.82. The van der Waals surface area contributed by atoms with Crippen molar-refractivity contribution in [1.82, 2.24) is 19.7 Å². The third-order valence-electron chi connectivity index (χ3n) is 4.82. The van der Waals surface area contributed by atoms with Crippen LogP contribution in [0, 0.1) is 0 Å². The predicted molar refractivity (Wildman–Crippen MR) is 116 cm³/mol. The molecule has 0 saturated heterocycles. The monoisotopic (exact) mass is 420 g/mol. The number of fused-ring (bicyclic) bond motifs is 1. The molecule has 0 spiro atoms. The number of hydrogen-bond acceptors (Lipinski definition) is 7. The number of H-pyrrole nitrogens is 1. The van der Waals surface area contributed by atoms with Crippen LogP contribution in [0.3, 0.4) is 0 Å². The first-order chi connectivity index (χ1) is 15.0. The first-order valence-electron chi connectivity index (χ1n) is 9.55. The van der Waals surface area contributed by atoms with Gasteiger partial charge in [0.15, 0.2) is 11.5 Å². The number of ether oxygens (including phenoxy) is 2. The highest BCUT2D eigenvalue weighted by atomic mass is 16.5. The Bertz CT molecular complexity index is 1400. The van der Waals surface area contributed by atoms with E-state index in [-0.39, 0.29) is 0 Å². The molecule has 4 rings (SSSR count). The maximum absolute atomic E-state index is 12.0. The summed E-state index contributed by atoms with van der Waals surface area (Å²) in [6.07, 6.45) is 3.51. The summed E-state index contributed by atoms with van der Waals surface area (Å²) in [5, 5.41) is 4.01. The van der Waals surface area contributed by atoms with Gasteiger partial charge in [-0.2, -0.15) is 4.98 Å². The fourth-order valence-electron chi connectivity index (χ4n) is 3.28. The predicted octanol–water partition coefficient (Wildman–Crippen LogP) is 2.95. The van der Waals surface area contributed by atoms with Gasteiger partial charge in [-0.05, 0) is 48.9 Å². The zero-order valence-electron chi connectivity index (χ0n) is 17.2. The van der Waals surface area contributed by atoms with Crippen LogP contribution in [0.2, 0.25) is 0 Å². The molecule has 1 N–H and O–H groups in total. The van der Waals surface area contributed by atoms with E-state index in [0.29, 0.717) is 46.4 Å². The number of rotatable bonds is 6. The Kier molecular flexibility index (Phi) is 5.40. The maximum Gasteiger partial charge on any atom is 0.316 e. The molecule has 0 amide bonds. The Balaban J connectivity index is 1.64. The van der Waals surface area contributed by atoms with E-state index in [2.05, 4.69) is 15.1 Å². The van der Waals surface area contributed by atoms with Gasteiger partial charge in [-0.1, -0.05) is 11.2 Å². The normalized spacial score (nSPS) is 11.3. The Morgan fingerprint density at radius 1 is 1.06 bits per heavy atom. The average Bonchev–Trinajstić information content (AvgIpc) is 3.27. The summed E-state index contributed by atoms with van der Waals surface area (Å²) in [5.74, 6) is 1.94. The zero-order chi connectivity index (χ0) is 22.0. The van der Waals surface area contributed by atoms with Crippen LogP contribution in [0.5, 0.6) is 11.5 Å². The minimum absolute atomic E-state index is 0.317. The first-order valence-corrected chi connectivity index (χ1v) is 9.55. The number of nitrogens with one attached hydrogen (secondary N) is 1. The largest absolute Gasteiger partial charge is 0.493 e. The highest BCUT2D eigenvalue weighted by Gasteiger charge is 2.11. The van der Waals surface area contributed by atoms with Crippen molar-refractivity contribution < 1.29 is 14.0 Å². The van der Waals surface area contributed by atoms with Gasteiger partial charge in [-0.3, -0.25) is 9.59 Å². The lowest BCUT2D eigenvalue weighted by Gasteiger charge is -2.07. The van der Waals surface area contributed by atoms with Gasteiger partial charge in [-0.25, -0.2) is 0 Å². The van der Waals surface area contributed by atoms with Gasteiger partial charge in [0.25, 0.3) is 5.89 Å². The van der Waals surface area contributed by atoms with E-state index >= 15 is 0 Å². The Morgan fingerprint density at radius 2 is 1.87 bits per heavy atom. The van der Waals surface area contributed by atoms with E-state index in [9.17, 15) is 9.59 Å². The molecule has 158 valence electrons. The summed E-state index contributed by atoms with van der Waals surface area (Å²) in [7, 11) is 3.16. The SMILES string of the molecule is CCn1c(=O)c(=O)[nH]c2cc(-c3noc(/C=C/c4ccc(OC)c(OC)c4)n3)ccc21. The van der Waals surface area contributed by atoms with E-state index < -0.39 is 11.1 Å². The number of aromatic amines is 1. The lowest BCUT2D eigenvalue weighted by Crippen LogP contribution is -2.35. The smallest absolute Gasteiger partial charge is 0.316 e. The van der Waals surface area contributed by atoms with Crippen molar-refractivity contribution in [3.8, 4) is 22.9 Å². The molecule has 0 fully saturated rings. The van der Waals surface area contributed by atoms with Crippen molar-refractivity contribution in [2.45, 2.75) is 13.5 Å². The molecular formula is C22H20N4O5. The van der Waals surface area contributed by atoms with Crippen molar-refractivity contribution in [1.29, 1.82) is 0 Å². The second kappa shape index (κ2) is 8.31. The number of benzene rings is 2. The molecule has 2 heterocycles. The molecule has 9 nitrogen and oxygen atoms in total. The topological polar surface area (TPSA) is 112 Å². The van der Waals surface area contributed by atoms with Crippen molar-refractivity contribution in [3.63, 3.8) is 0 Å². The van der Waals surface area contributed by atoms with Crippen LogP contribution in [0.15, 0.2) is 50.5 Å². The van der Waals surface area contributed by atoms with E-state index in [0.717, 1.165) is 5.56 Å². The molecule has 0 aliphatic rings. The first kappa shape index (κ1) is 20.1. The molecule has 9 heteroatoms. The second-order valence-corrected chi connectivity index (χ2v) is 6.64. The molecule has 0 radical (unpaired) electrons. The summed E-state index contributed by atoms with van der Waals surface area (Å²) >= 11 is 0. The molecule has 2 aromatic carbocycles. The fourth-order valence-corrected chi connectivity index (χ4v) is 3.28. The third kappa shape index (κ3) is 3.85. The second-order valence-electron chi connectivity index (χ2n) is 6.64. The van der Waals surface area contributed by atoms with Gasteiger partial charge in [0.1, 0.15) is 0 Å². The lowest BCUT2D eigenvalue weighted by molar-refractivity contribution is 0.355. The molecule has 0 unspecified atom stereocenters. The molecule has 0 bridgehead atoms. The summed E-state index contributed by atoms with van der Waals surface area (Å²) in [4.78, 5) is 30.9. The summed E-state index contributed by atoms with van der Waals surface area (Å²) in [6, 6.07) is 10.8. The van der Waals surface area contributed by atoms with E-state index in [4.69, 9.17) is 14.0 Å². The number of hydrogen-bond donors (Lipinski definition) is 1. The van der Waals surface area contributed by atoms with Gasteiger partial charge < -0.3 is 23.5 Å². The molecule has 2 aromatic heterocycles. The standard InChI is InChI=1S/C22H20N4O5/c1-4-26-16-8-7-14(12-15(16)23-21(27)22(26)28)20-24-19(31-25-20)10-6-13-5-9-17(29-2)18(11-13)30-3/h5-12H,4H2,1-3H3,(H,23,27)/b10-6+. The summed E-state index contributed by atoms with van der Waals surface area (Å²) in [6.45, 7) is 2.20. The highest BCUT2D eigenvalue weighted by Crippen LogP contribution is 2.28. The Labute approximate surface area is 176 Å². The maximum atomic E-state index is 12.0. The van der Waals surface area contributed by atoms with Gasteiger partial charge >= 0.3 is 11.1 Å². The highest BCUT2D eigenvalue weighted by molar-refractivity contribution is 5.80. The van der Waals surface area contributed by atoms with Crippen LogP contribution in [0.25, 0.3) is 34.6 Å². The molecule has 4 aromatic rings. The number of methoxy groups -OCH3 is 2. The van der Waals surface area contributed by atoms with Gasteiger partial charge in [0.2, 0.25) is 5.82 Å². The quantitative estimate of drug-likeness (QED) is 0.477. The minimum Gasteiger partial charge on any atom is -0.493 e. The van der Waals surface area contributed by atoms with Crippen molar-refractivity contribution in [2.24, 2.45) is 0 Å². The van der Waals surface area contributed by atoms with Crippen LogP contribution >= 0.6 is 0 Å². The zero-order valence-corrected chi connectivity index (χ0v) is 17.2. The number of aryl methyl sites for hydroxylation is 1. The number of aromatic nitrogens is 4. The van der Waals surface area contributed by atoms with Gasteiger partial charge in [0, 0.05) is 18.2 Å². The van der Waals surface area contributed by atoms with Crippen molar-refractivity contribution >= 4 is 23.2 Å². The Morgan fingerprint density at radius 3 is 2.61 bits per heavy atom. The number of nitrogens with zero attached hydrogens (tertiary/aromatic N) is 3. The van der Waals surface area contributed by atoms with Crippen LogP contribution < -0.4 is 20.6 Å². The molecule has 0 saturated carbocycles. The van der Waals surface area contributed by atoms with Crippen LogP contribution in [0.1, 0.15) is 18.4 Å². The van der Waals surface area contributed by atoms with E-state index in [1.54, 1.807) is 38.5 Å². The molecule has 0 aliphatic heterocycles. The van der Waals surface area contributed by atoms with Crippen LogP contribution in [-0.4, -0.2) is 33.9 Å². The van der Waals surface area contributed by atoms with Crippen molar-refractivity contribution in [2.75, 3.05) is 14.2 Å².